The molecule has 0 bridgehead atoms. The van der Waals surface area contributed by atoms with Crippen molar-refractivity contribution < 1.29 is 18.6 Å². The van der Waals surface area contributed by atoms with Gasteiger partial charge in [0.2, 0.25) is 0 Å². The molecule has 1 unspecified atom stereocenters. The first kappa shape index (κ1) is 24.4. The molecule has 0 spiro atoms. The van der Waals surface area contributed by atoms with Crippen molar-refractivity contribution in [3.63, 3.8) is 0 Å². The highest BCUT2D eigenvalue weighted by molar-refractivity contribution is 6.16. The Balaban J connectivity index is 1.75. The summed E-state index contributed by atoms with van der Waals surface area (Å²) in [5, 5.41) is 14.8. The average Bonchev–Trinajstić information content (AvgIpc) is 2.86. The third-order valence-electron chi connectivity index (χ3n) is 6.04. The van der Waals surface area contributed by atoms with Crippen LogP contribution in [0.3, 0.4) is 0 Å². The van der Waals surface area contributed by atoms with Crippen molar-refractivity contribution in [2.24, 2.45) is 12.0 Å². The maximum absolute atomic E-state index is 15.0. The Morgan fingerprint density at radius 2 is 1.97 bits per heavy atom. The number of aliphatic imine (C=N–C) groups is 1. The van der Waals surface area contributed by atoms with Crippen LogP contribution in [0.5, 0.6) is 0 Å². The molecule has 1 aliphatic carbocycles. The summed E-state index contributed by atoms with van der Waals surface area (Å²) in [7, 11) is 1.42. The Morgan fingerprint density at radius 3 is 2.66 bits per heavy atom. The number of ether oxygens (including phenoxy) is 1. The van der Waals surface area contributed by atoms with Gasteiger partial charge in [0.15, 0.2) is 0 Å². The van der Waals surface area contributed by atoms with Gasteiger partial charge in [-0.2, -0.15) is 5.10 Å². The van der Waals surface area contributed by atoms with Crippen LogP contribution in [0.4, 0.5) is 8.78 Å². The monoisotopic (exact) mass is 480 g/mol. The lowest BCUT2D eigenvalue weighted by Crippen LogP contribution is -2.35. The van der Waals surface area contributed by atoms with Gasteiger partial charge < -0.3 is 14.7 Å². The Kier molecular flexibility index (Phi) is 7.18. The maximum atomic E-state index is 15.0. The molecule has 2 heterocycles. The topological polar surface area (TPSA) is 80.0 Å². The van der Waals surface area contributed by atoms with Gasteiger partial charge >= 0.3 is 0 Å². The lowest BCUT2D eigenvalue weighted by molar-refractivity contribution is 0.0554. The summed E-state index contributed by atoms with van der Waals surface area (Å²) in [6, 6.07) is 4.55. The van der Waals surface area contributed by atoms with E-state index in [0.717, 1.165) is 29.5 Å². The van der Waals surface area contributed by atoms with Gasteiger partial charge in [0, 0.05) is 60.9 Å². The summed E-state index contributed by atoms with van der Waals surface area (Å²) in [5.74, 6) is -1.69. The van der Waals surface area contributed by atoms with Crippen molar-refractivity contribution in [3.05, 3.63) is 105 Å². The number of rotatable bonds is 5. The first-order valence-corrected chi connectivity index (χ1v) is 11.1. The van der Waals surface area contributed by atoms with Crippen molar-refractivity contribution in [3.8, 4) is 0 Å². The van der Waals surface area contributed by atoms with Gasteiger partial charge in [-0.05, 0) is 36.8 Å². The Labute approximate surface area is 201 Å². The van der Waals surface area contributed by atoms with E-state index < -0.39 is 17.7 Å². The summed E-state index contributed by atoms with van der Waals surface area (Å²) in [5.41, 5.74) is 2.37. The second-order valence-electron chi connectivity index (χ2n) is 8.21. The molecule has 2 aliphatic rings. The molecule has 1 atom stereocenters. The zero-order chi connectivity index (χ0) is 25.1. The number of benzene rings is 1. The van der Waals surface area contributed by atoms with Gasteiger partial charge in [0.25, 0.3) is 5.56 Å². The molecule has 35 heavy (non-hydrogen) atoms. The third kappa shape index (κ3) is 5.06. The molecule has 0 amide bonds. The number of aromatic nitrogens is 2. The number of hydrogen-bond acceptors (Lipinski definition) is 6. The fourth-order valence-corrected chi connectivity index (χ4v) is 4.09. The number of allylic oxidation sites excluding steroid dienone is 5. The van der Waals surface area contributed by atoms with E-state index >= 15 is 0 Å². The molecule has 1 aromatic carbocycles. The number of aliphatic hydroxyl groups excluding tert-OH is 1. The molecular formula is C26H26F2N4O3. The van der Waals surface area contributed by atoms with Crippen molar-refractivity contribution in [1.29, 1.82) is 0 Å². The number of aliphatic hydroxyl groups is 1. The molecule has 1 N–H and O–H groups in total. The van der Waals surface area contributed by atoms with Crippen LogP contribution in [-0.4, -0.2) is 51.8 Å². The van der Waals surface area contributed by atoms with Crippen LogP contribution >= 0.6 is 0 Å². The molecular weight excluding hydrogens is 454 g/mol. The van der Waals surface area contributed by atoms with E-state index in [1.807, 2.05) is 18.2 Å². The second-order valence-corrected chi connectivity index (χ2v) is 8.21. The summed E-state index contributed by atoms with van der Waals surface area (Å²) >= 11 is 0. The van der Waals surface area contributed by atoms with Crippen LogP contribution in [0.1, 0.15) is 29.8 Å². The average molecular weight is 481 g/mol. The van der Waals surface area contributed by atoms with E-state index in [4.69, 9.17) is 4.74 Å². The molecule has 1 aromatic heterocycles. The van der Waals surface area contributed by atoms with Crippen molar-refractivity contribution in [2.45, 2.75) is 13.0 Å². The fraction of sp³-hybridized carbons (Fsp3) is 0.269. The van der Waals surface area contributed by atoms with Crippen molar-refractivity contribution in [2.75, 3.05) is 26.3 Å². The molecule has 4 rings (SSSR count). The number of aryl methyl sites for hydroxylation is 1. The van der Waals surface area contributed by atoms with Crippen LogP contribution < -0.4 is 5.56 Å². The van der Waals surface area contributed by atoms with E-state index in [2.05, 4.69) is 21.6 Å². The van der Waals surface area contributed by atoms with Crippen LogP contribution in [0.25, 0.3) is 5.57 Å². The number of nitrogens with zero attached hydrogens (tertiary/aromatic N) is 4. The SMILES string of the molecule is C=CN=C1C=C(N2CCOCC2)C=C/C1=C(/C)c1cc(C(O)c2ccc(=O)n(C)n2)c(F)cc1F. The minimum Gasteiger partial charge on any atom is -0.382 e. The molecule has 9 heteroatoms. The van der Waals surface area contributed by atoms with Crippen LogP contribution in [0.15, 0.2) is 76.3 Å². The van der Waals surface area contributed by atoms with Gasteiger partial charge in [0.1, 0.15) is 17.7 Å². The molecule has 182 valence electrons. The Bertz CT molecular complexity index is 1330. The van der Waals surface area contributed by atoms with Gasteiger partial charge in [0.05, 0.1) is 24.6 Å². The molecule has 1 aliphatic heterocycles. The minimum absolute atomic E-state index is 0.0680. The van der Waals surface area contributed by atoms with Crippen LogP contribution in [0.2, 0.25) is 0 Å². The van der Waals surface area contributed by atoms with Crippen LogP contribution in [0, 0.1) is 11.6 Å². The molecule has 2 aromatic rings. The molecule has 0 radical (unpaired) electrons. The maximum Gasteiger partial charge on any atom is 0.266 e. The highest BCUT2D eigenvalue weighted by atomic mass is 19.1. The number of halogens is 2. The fourth-order valence-electron chi connectivity index (χ4n) is 4.09. The molecule has 1 saturated heterocycles. The smallest absolute Gasteiger partial charge is 0.266 e. The van der Waals surface area contributed by atoms with E-state index in [1.165, 1.54) is 31.4 Å². The first-order valence-electron chi connectivity index (χ1n) is 11.1. The van der Waals surface area contributed by atoms with Gasteiger partial charge in [-0.15, -0.1) is 0 Å². The van der Waals surface area contributed by atoms with E-state index in [9.17, 15) is 18.7 Å². The Morgan fingerprint density at radius 1 is 1.23 bits per heavy atom. The van der Waals surface area contributed by atoms with Gasteiger partial charge in [-0.25, -0.2) is 13.5 Å². The van der Waals surface area contributed by atoms with E-state index in [1.54, 1.807) is 6.92 Å². The zero-order valence-corrected chi connectivity index (χ0v) is 19.5. The molecule has 0 saturated carbocycles. The third-order valence-corrected chi connectivity index (χ3v) is 6.04. The lowest BCUT2D eigenvalue weighted by Gasteiger charge is -2.31. The lowest BCUT2D eigenvalue weighted by atomic mass is 9.91. The molecule has 1 fully saturated rings. The minimum atomic E-state index is -1.49. The summed E-state index contributed by atoms with van der Waals surface area (Å²) < 4.78 is 36.1. The van der Waals surface area contributed by atoms with Crippen LogP contribution in [-0.2, 0) is 11.8 Å². The predicted molar refractivity (Wildman–Crippen MR) is 130 cm³/mol. The number of morpholine rings is 1. The van der Waals surface area contributed by atoms with E-state index in [-0.39, 0.29) is 22.4 Å². The highest BCUT2D eigenvalue weighted by Crippen LogP contribution is 2.32. The van der Waals surface area contributed by atoms with Gasteiger partial charge in [-0.1, -0.05) is 12.7 Å². The largest absolute Gasteiger partial charge is 0.382 e. The van der Waals surface area contributed by atoms with E-state index in [0.29, 0.717) is 30.1 Å². The standard InChI is InChI=1S/C26H26F2N4O3/c1-4-29-24-13-17(32-9-11-35-12-10-32)5-6-18(24)16(2)19-14-20(22(28)15-21(19)27)26(34)23-7-8-25(33)31(3)30-23/h4-8,13-15,26,34H,1,9-12H2,2-3H3/b18-16+,29-24?. The normalized spacial score (nSPS) is 19.5. The second kappa shape index (κ2) is 10.3. The van der Waals surface area contributed by atoms with Gasteiger partial charge in [-0.3, -0.25) is 9.79 Å². The summed E-state index contributed by atoms with van der Waals surface area (Å²) in [6.45, 7) is 8.18. The highest BCUT2D eigenvalue weighted by Gasteiger charge is 2.23. The zero-order valence-electron chi connectivity index (χ0n) is 19.5. The quantitative estimate of drug-likeness (QED) is 0.711. The molecule has 7 nitrogen and oxygen atoms in total. The number of hydrogen-bond donors (Lipinski definition) is 1. The summed E-state index contributed by atoms with van der Waals surface area (Å²) in [4.78, 5) is 18.2. The van der Waals surface area contributed by atoms with Crippen molar-refractivity contribution in [1.82, 2.24) is 14.7 Å². The van der Waals surface area contributed by atoms with Crippen molar-refractivity contribution >= 4 is 11.3 Å². The summed E-state index contributed by atoms with van der Waals surface area (Å²) in [6.07, 6.45) is 5.59. The first-order chi connectivity index (χ1) is 16.8. The Hall–Kier alpha value is -3.69. The predicted octanol–water partition coefficient (Wildman–Crippen LogP) is 3.28.